The van der Waals surface area contributed by atoms with E-state index in [2.05, 4.69) is 5.32 Å². The van der Waals surface area contributed by atoms with Gasteiger partial charge in [0, 0.05) is 0 Å². The van der Waals surface area contributed by atoms with Crippen molar-refractivity contribution in [2.24, 2.45) is 5.14 Å². The molecule has 0 fully saturated rings. The van der Waals surface area contributed by atoms with Gasteiger partial charge in [0.25, 0.3) is 0 Å². The van der Waals surface area contributed by atoms with Gasteiger partial charge in [-0.3, -0.25) is 4.79 Å². The summed E-state index contributed by atoms with van der Waals surface area (Å²) in [5, 5.41) is 7.98. The zero-order valence-electron chi connectivity index (χ0n) is 15.6. The fraction of sp³-hybridized carbons (Fsp3) is 0.316. The summed E-state index contributed by atoms with van der Waals surface area (Å²) in [6, 6.07) is 10.4. The third-order valence-corrected chi connectivity index (χ3v) is 5.04. The van der Waals surface area contributed by atoms with Gasteiger partial charge < -0.3 is 14.8 Å². The third kappa shape index (κ3) is 5.97. The van der Waals surface area contributed by atoms with E-state index in [9.17, 15) is 13.2 Å². The monoisotopic (exact) mass is 392 g/mol. The molecular formula is C19H24N2O5S. The smallest absolute Gasteiger partial charge is 0.238 e. The lowest BCUT2D eigenvalue weighted by molar-refractivity contribution is -0.120. The van der Waals surface area contributed by atoms with Crippen molar-refractivity contribution in [1.29, 1.82) is 0 Å². The molecule has 0 saturated carbocycles. The highest BCUT2D eigenvalue weighted by Crippen LogP contribution is 2.25. The zero-order chi connectivity index (χ0) is 20.0. The number of hydrogen-bond acceptors (Lipinski definition) is 5. The van der Waals surface area contributed by atoms with Gasteiger partial charge in [-0.25, -0.2) is 13.6 Å². The molecule has 0 spiro atoms. The molecule has 2 aromatic carbocycles. The van der Waals surface area contributed by atoms with Crippen LogP contribution in [0, 0.1) is 13.8 Å². The molecule has 0 aliphatic carbocycles. The Bertz CT molecular complexity index is 908. The minimum atomic E-state index is -3.76. The van der Waals surface area contributed by atoms with Crippen LogP contribution in [0.5, 0.6) is 11.5 Å². The van der Waals surface area contributed by atoms with Gasteiger partial charge in [-0.15, -0.1) is 0 Å². The van der Waals surface area contributed by atoms with E-state index in [0.717, 1.165) is 11.3 Å². The lowest BCUT2D eigenvalue weighted by Crippen LogP contribution is -2.29. The van der Waals surface area contributed by atoms with E-state index < -0.39 is 10.0 Å². The fourth-order valence-corrected chi connectivity index (χ4v) is 3.42. The lowest BCUT2D eigenvalue weighted by atomic mass is 10.1. The first-order chi connectivity index (χ1) is 12.7. The molecule has 3 N–H and O–H groups in total. The number of aryl methyl sites for hydroxylation is 2. The number of benzene rings is 2. The van der Waals surface area contributed by atoms with Crippen molar-refractivity contribution in [3.05, 3.63) is 53.1 Å². The van der Waals surface area contributed by atoms with E-state index in [1.807, 2.05) is 24.3 Å². The number of amides is 1. The Morgan fingerprint density at radius 1 is 1.11 bits per heavy atom. The number of carbonyl (C=O) groups is 1. The van der Waals surface area contributed by atoms with Crippen molar-refractivity contribution in [1.82, 2.24) is 5.32 Å². The van der Waals surface area contributed by atoms with Crippen molar-refractivity contribution in [3.8, 4) is 11.5 Å². The molecule has 1 amide bonds. The number of primary sulfonamides is 1. The predicted octanol–water partition coefficient (Wildman–Crippen LogP) is 1.70. The summed E-state index contributed by atoms with van der Waals surface area (Å²) in [6.45, 7) is 4.00. The van der Waals surface area contributed by atoms with Crippen LogP contribution in [0.4, 0.5) is 0 Å². The Kier molecular flexibility index (Phi) is 6.81. The van der Waals surface area contributed by atoms with Crippen LogP contribution < -0.4 is 19.9 Å². The molecule has 0 aromatic heterocycles. The van der Waals surface area contributed by atoms with Crippen LogP contribution in [0.15, 0.2) is 41.3 Å². The summed E-state index contributed by atoms with van der Waals surface area (Å²) in [6.07, 6.45) is 0.269. The average molecular weight is 392 g/mol. The first-order valence-electron chi connectivity index (χ1n) is 8.37. The summed E-state index contributed by atoms with van der Waals surface area (Å²) in [4.78, 5) is 12.1. The molecule has 0 aliphatic heterocycles. The second-order valence-corrected chi connectivity index (χ2v) is 7.68. The molecule has 2 rings (SSSR count). The number of carbonyl (C=O) groups excluding carboxylic acids is 1. The number of hydrogen-bond donors (Lipinski definition) is 2. The molecular weight excluding hydrogens is 368 g/mol. The van der Waals surface area contributed by atoms with Gasteiger partial charge in [0.05, 0.1) is 25.0 Å². The van der Waals surface area contributed by atoms with Crippen molar-refractivity contribution in [3.63, 3.8) is 0 Å². The lowest BCUT2D eigenvalue weighted by Gasteiger charge is -2.13. The maximum Gasteiger partial charge on any atom is 0.238 e. The number of ether oxygens (including phenoxy) is 2. The molecule has 0 atom stereocenters. The predicted molar refractivity (Wildman–Crippen MR) is 102 cm³/mol. The van der Waals surface area contributed by atoms with Gasteiger partial charge in [-0.1, -0.05) is 12.1 Å². The second-order valence-electron chi connectivity index (χ2n) is 6.15. The number of methoxy groups -OCH3 is 1. The minimum absolute atomic E-state index is 0.0835. The maximum absolute atomic E-state index is 12.0. The second kappa shape index (κ2) is 8.88. The molecule has 0 saturated heterocycles. The van der Waals surface area contributed by atoms with E-state index in [1.54, 1.807) is 27.0 Å². The largest absolute Gasteiger partial charge is 0.497 e. The van der Waals surface area contributed by atoms with E-state index >= 15 is 0 Å². The van der Waals surface area contributed by atoms with E-state index in [1.165, 1.54) is 6.07 Å². The molecule has 0 heterocycles. The van der Waals surface area contributed by atoms with Crippen LogP contribution in [0.1, 0.15) is 16.7 Å². The Morgan fingerprint density at radius 2 is 1.78 bits per heavy atom. The standard InChI is InChI=1S/C19H24N2O5S/c1-13-11-18(27(20,23)24)14(2)10-17(13)26-9-8-21-19(22)12-15-4-6-16(25-3)7-5-15/h4-7,10-11H,8-9,12H2,1-3H3,(H,21,22)(H2,20,23,24). The quantitative estimate of drug-likeness (QED) is 0.665. The first kappa shape index (κ1) is 20.7. The first-order valence-corrected chi connectivity index (χ1v) is 9.92. The summed E-state index contributed by atoms with van der Waals surface area (Å²) in [5.41, 5.74) is 2.06. The summed E-state index contributed by atoms with van der Waals surface area (Å²) < 4.78 is 33.8. The van der Waals surface area contributed by atoms with Gasteiger partial charge in [0.2, 0.25) is 15.9 Å². The molecule has 7 nitrogen and oxygen atoms in total. The van der Waals surface area contributed by atoms with Crippen molar-refractivity contribution in [2.75, 3.05) is 20.3 Å². The van der Waals surface area contributed by atoms with Gasteiger partial charge in [0.1, 0.15) is 18.1 Å². The highest BCUT2D eigenvalue weighted by molar-refractivity contribution is 7.89. The Labute approximate surface area is 159 Å². The SMILES string of the molecule is COc1ccc(CC(=O)NCCOc2cc(C)c(S(N)(=O)=O)cc2C)cc1. The van der Waals surface area contributed by atoms with Crippen molar-refractivity contribution < 1.29 is 22.7 Å². The van der Waals surface area contributed by atoms with Gasteiger partial charge >= 0.3 is 0 Å². The zero-order valence-corrected chi connectivity index (χ0v) is 16.4. The maximum atomic E-state index is 12.0. The normalized spacial score (nSPS) is 11.1. The molecule has 27 heavy (non-hydrogen) atoms. The van der Waals surface area contributed by atoms with Crippen LogP contribution in [0.3, 0.4) is 0 Å². The van der Waals surface area contributed by atoms with Gasteiger partial charge in [0.15, 0.2) is 0 Å². The Hall–Kier alpha value is -2.58. The Morgan fingerprint density at radius 3 is 2.37 bits per heavy atom. The highest BCUT2D eigenvalue weighted by Gasteiger charge is 2.14. The summed E-state index contributed by atoms with van der Waals surface area (Å²) in [5.74, 6) is 1.19. The Balaban J connectivity index is 1.84. The molecule has 0 bridgehead atoms. The highest BCUT2D eigenvalue weighted by atomic mass is 32.2. The van der Waals surface area contributed by atoms with Crippen LogP contribution in [0.2, 0.25) is 0 Å². The number of rotatable bonds is 8. The molecule has 8 heteroatoms. The van der Waals surface area contributed by atoms with Gasteiger partial charge in [-0.2, -0.15) is 0 Å². The number of nitrogens with one attached hydrogen (secondary N) is 1. The van der Waals surface area contributed by atoms with Crippen molar-refractivity contribution >= 4 is 15.9 Å². The van der Waals surface area contributed by atoms with E-state index in [4.69, 9.17) is 14.6 Å². The fourth-order valence-electron chi connectivity index (χ4n) is 2.57. The molecule has 0 radical (unpaired) electrons. The minimum Gasteiger partial charge on any atom is -0.497 e. The average Bonchev–Trinajstić information content (AvgIpc) is 2.61. The van der Waals surface area contributed by atoms with Crippen LogP contribution in [-0.4, -0.2) is 34.6 Å². The molecule has 2 aromatic rings. The van der Waals surface area contributed by atoms with Gasteiger partial charge in [-0.05, 0) is 54.8 Å². The van der Waals surface area contributed by atoms with Crippen LogP contribution in [0.25, 0.3) is 0 Å². The number of nitrogens with two attached hydrogens (primary N) is 1. The topological polar surface area (TPSA) is 108 Å². The van der Waals surface area contributed by atoms with Crippen LogP contribution >= 0.6 is 0 Å². The third-order valence-electron chi connectivity index (χ3n) is 3.98. The molecule has 0 unspecified atom stereocenters. The summed E-state index contributed by atoms with van der Waals surface area (Å²) >= 11 is 0. The van der Waals surface area contributed by atoms with E-state index in [-0.39, 0.29) is 23.8 Å². The van der Waals surface area contributed by atoms with Crippen molar-refractivity contribution in [2.45, 2.75) is 25.2 Å². The van der Waals surface area contributed by atoms with E-state index in [0.29, 0.717) is 23.4 Å². The molecule has 0 aliphatic rings. The van der Waals surface area contributed by atoms with Crippen LogP contribution in [-0.2, 0) is 21.2 Å². The summed E-state index contributed by atoms with van der Waals surface area (Å²) in [7, 11) is -2.17. The molecule has 146 valence electrons. The number of sulfonamides is 1.